The van der Waals surface area contributed by atoms with E-state index in [1.54, 1.807) is 0 Å². The van der Waals surface area contributed by atoms with Crippen molar-refractivity contribution in [2.24, 2.45) is 17.3 Å². The van der Waals surface area contributed by atoms with Crippen LogP contribution in [0.1, 0.15) is 38.5 Å². The van der Waals surface area contributed by atoms with E-state index in [4.69, 9.17) is 12.6 Å². The highest BCUT2D eigenvalue weighted by Crippen LogP contribution is 2.64. The van der Waals surface area contributed by atoms with Gasteiger partial charge in [-0.15, -0.1) is 0 Å². The Kier molecular flexibility index (Phi) is 2.04. The first-order valence-electron chi connectivity index (χ1n) is 6.85. The van der Waals surface area contributed by atoms with Crippen LogP contribution in [0, 0.1) is 17.3 Å². The molecule has 4 aliphatic rings. The number of hydrogen-bond donors (Lipinski definition) is 1. The third-order valence-corrected chi connectivity index (χ3v) is 5.73. The second-order valence-electron chi connectivity index (χ2n) is 6.89. The Balaban J connectivity index is 1.65. The van der Waals surface area contributed by atoms with E-state index in [2.05, 4.69) is 16.0 Å². The summed E-state index contributed by atoms with van der Waals surface area (Å²) in [4.78, 5) is 0. The van der Waals surface area contributed by atoms with Crippen LogP contribution in [0.3, 0.4) is 0 Å². The monoisotopic (exact) mass is 248 g/mol. The van der Waals surface area contributed by atoms with Gasteiger partial charge in [0.2, 0.25) is 0 Å². The lowest BCUT2D eigenvalue weighted by molar-refractivity contribution is -0.0484. The lowest BCUT2D eigenvalue weighted by Crippen LogP contribution is -2.54. The van der Waals surface area contributed by atoms with Gasteiger partial charge in [-0.1, -0.05) is 0 Å². The molecule has 1 aromatic rings. The summed E-state index contributed by atoms with van der Waals surface area (Å²) in [6, 6.07) is 2.04. The first-order chi connectivity index (χ1) is 8.15. The maximum Gasteiger partial charge on any atom is 0.0489 e. The van der Waals surface area contributed by atoms with Crippen molar-refractivity contribution < 1.29 is 0 Å². The van der Waals surface area contributed by atoms with E-state index in [-0.39, 0.29) is 0 Å². The third kappa shape index (κ3) is 1.66. The van der Waals surface area contributed by atoms with Crippen molar-refractivity contribution in [3.8, 4) is 0 Å². The molecule has 4 saturated carbocycles. The van der Waals surface area contributed by atoms with E-state index in [0.29, 0.717) is 10.2 Å². The Bertz CT molecular complexity index is 411. The number of aromatic nitrogens is 2. The Hall–Kier alpha value is -0.440. The van der Waals surface area contributed by atoms with Crippen molar-refractivity contribution >= 4 is 12.6 Å². The summed E-state index contributed by atoms with van der Waals surface area (Å²) < 4.78 is 2.50. The third-order valence-electron chi connectivity index (χ3n) is 5.21. The Morgan fingerprint density at radius 3 is 2.59 bits per heavy atom. The first-order valence-corrected chi connectivity index (χ1v) is 7.29. The Labute approximate surface area is 108 Å². The molecule has 92 valence electrons. The normalized spacial score (nSPS) is 47.6. The molecule has 4 bridgehead atoms. The minimum absolute atomic E-state index is 0.358. The van der Waals surface area contributed by atoms with E-state index < -0.39 is 0 Å². The van der Waals surface area contributed by atoms with Crippen molar-refractivity contribution in [2.45, 2.75) is 49.8 Å². The predicted octanol–water partition coefficient (Wildman–Crippen LogP) is 3.15. The maximum atomic E-state index is 5.03. The van der Waals surface area contributed by atoms with Gasteiger partial charge < -0.3 is 0 Å². The van der Waals surface area contributed by atoms with Crippen LogP contribution < -0.4 is 0 Å². The molecular weight excluding hydrogens is 228 g/mol. The van der Waals surface area contributed by atoms with Crippen LogP contribution in [0.5, 0.6) is 0 Å². The molecule has 5 rings (SSSR count). The van der Waals surface area contributed by atoms with Crippen molar-refractivity contribution in [3.05, 3.63) is 18.5 Å². The van der Waals surface area contributed by atoms with Crippen LogP contribution in [0.25, 0.3) is 0 Å². The summed E-state index contributed by atoms with van der Waals surface area (Å²) in [7, 11) is 0. The van der Waals surface area contributed by atoms with Gasteiger partial charge in [-0.25, -0.2) is 0 Å². The molecule has 0 radical (unpaired) electrons. The summed E-state index contributed by atoms with van der Waals surface area (Å²) >= 11 is 5.03. The maximum absolute atomic E-state index is 5.03. The highest BCUT2D eigenvalue weighted by molar-refractivity contribution is 7.81. The molecule has 0 aliphatic heterocycles. The van der Waals surface area contributed by atoms with Crippen LogP contribution in [-0.2, 0) is 6.54 Å². The first kappa shape index (κ1) is 10.5. The topological polar surface area (TPSA) is 17.8 Å². The van der Waals surface area contributed by atoms with Crippen molar-refractivity contribution in [2.75, 3.05) is 0 Å². The largest absolute Gasteiger partial charge is 0.272 e. The van der Waals surface area contributed by atoms with Crippen molar-refractivity contribution in [1.29, 1.82) is 0 Å². The molecule has 4 fully saturated rings. The van der Waals surface area contributed by atoms with Crippen LogP contribution in [0.15, 0.2) is 18.5 Å². The van der Waals surface area contributed by atoms with E-state index >= 15 is 0 Å². The summed E-state index contributed by atoms with van der Waals surface area (Å²) in [6.07, 6.45) is 12.4. The predicted molar refractivity (Wildman–Crippen MR) is 71.1 cm³/mol. The summed E-state index contributed by atoms with van der Waals surface area (Å²) in [6.45, 7) is 1.12. The summed E-state index contributed by atoms with van der Waals surface area (Å²) in [5, 5.41) is 4.41. The minimum Gasteiger partial charge on any atom is -0.272 e. The van der Waals surface area contributed by atoms with Crippen molar-refractivity contribution in [3.63, 3.8) is 0 Å². The average molecular weight is 248 g/mol. The smallest absolute Gasteiger partial charge is 0.0489 e. The molecule has 1 aromatic heterocycles. The van der Waals surface area contributed by atoms with Gasteiger partial charge in [-0.3, -0.25) is 4.68 Å². The molecule has 0 amide bonds. The van der Waals surface area contributed by atoms with E-state index in [0.717, 1.165) is 18.4 Å². The Morgan fingerprint density at radius 2 is 2.00 bits per heavy atom. The van der Waals surface area contributed by atoms with Gasteiger partial charge in [0.15, 0.2) is 0 Å². The van der Waals surface area contributed by atoms with Gasteiger partial charge in [0.25, 0.3) is 0 Å². The number of rotatable bonds is 2. The fourth-order valence-corrected chi connectivity index (χ4v) is 6.18. The molecule has 0 N–H and O–H groups in total. The molecule has 1 heterocycles. The zero-order chi connectivity index (χ0) is 11.5. The molecule has 2 nitrogen and oxygen atoms in total. The number of hydrogen-bond acceptors (Lipinski definition) is 2. The number of nitrogens with zero attached hydrogens (tertiary/aromatic N) is 2. The van der Waals surface area contributed by atoms with E-state index in [1.807, 2.05) is 12.3 Å². The van der Waals surface area contributed by atoms with Crippen LogP contribution in [0.4, 0.5) is 0 Å². The minimum atomic E-state index is 0.358. The lowest BCUT2D eigenvalue weighted by Gasteiger charge is -2.60. The van der Waals surface area contributed by atoms with Gasteiger partial charge in [-0.2, -0.15) is 17.7 Å². The molecule has 2 unspecified atom stereocenters. The van der Waals surface area contributed by atoms with Crippen LogP contribution in [-0.4, -0.2) is 14.5 Å². The summed E-state index contributed by atoms with van der Waals surface area (Å²) in [5.41, 5.74) is 0.512. The standard InChI is InChI=1S/C14H20N2S/c17-14-7-11-4-12(8-14)6-13(5-11,9-14)10-16-3-1-2-15-16/h1-3,11-12,17H,4-10H2. The molecule has 4 aliphatic carbocycles. The molecule has 0 saturated heterocycles. The molecule has 2 atom stereocenters. The van der Waals surface area contributed by atoms with Gasteiger partial charge in [-0.05, 0) is 61.8 Å². The van der Waals surface area contributed by atoms with Crippen LogP contribution >= 0.6 is 12.6 Å². The Morgan fingerprint density at radius 1 is 1.24 bits per heavy atom. The molecule has 0 aromatic carbocycles. The van der Waals surface area contributed by atoms with Gasteiger partial charge in [0.1, 0.15) is 0 Å². The second-order valence-corrected chi connectivity index (χ2v) is 7.84. The van der Waals surface area contributed by atoms with Crippen LogP contribution in [0.2, 0.25) is 0 Å². The lowest BCUT2D eigenvalue weighted by atomic mass is 9.49. The van der Waals surface area contributed by atoms with Gasteiger partial charge in [0, 0.05) is 23.7 Å². The fraction of sp³-hybridized carbons (Fsp3) is 0.786. The highest BCUT2D eigenvalue weighted by Gasteiger charge is 2.56. The molecule has 17 heavy (non-hydrogen) atoms. The molecule has 3 heteroatoms. The van der Waals surface area contributed by atoms with Gasteiger partial charge >= 0.3 is 0 Å². The summed E-state index contributed by atoms with van der Waals surface area (Å²) in [5.74, 6) is 1.90. The SMILES string of the molecule is SC12CC3CC(C1)CC(Cn1cccn1)(C3)C2. The zero-order valence-electron chi connectivity index (χ0n) is 10.2. The zero-order valence-corrected chi connectivity index (χ0v) is 11.1. The van der Waals surface area contributed by atoms with Crippen molar-refractivity contribution in [1.82, 2.24) is 9.78 Å². The molecular formula is C14H20N2S. The molecule has 0 spiro atoms. The highest BCUT2D eigenvalue weighted by atomic mass is 32.1. The average Bonchev–Trinajstić information content (AvgIpc) is 2.64. The number of thiol groups is 1. The van der Waals surface area contributed by atoms with E-state index in [1.165, 1.54) is 38.5 Å². The fourth-order valence-electron chi connectivity index (χ4n) is 5.32. The van der Waals surface area contributed by atoms with Gasteiger partial charge in [0.05, 0.1) is 0 Å². The quantitative estimate of drug-likeness (QED) is 0.796. The second kappa shape index (κ2) is 3.31. The van der Waals surface area contributed by atoms with E-state index in [9.17, 15) is 0 Å².